The Morgan fingerprint density at radius 2 is 1.39 bits per heavy atom. The highest BCUT2D eigenvalue weighted by atomic mass is 16.7. The summed E-state index contributed by atoms with van der Waals surface area (Å²) in [7, 11) is 0. The molecular formula is C16H28O12. The van der Waals surface area contributed by atoms with Crippen molar-refractivity contribution in [3.05, 3.63) is 0 Å². The first-order valence-corrected chi connectivity index (χ1v) is 8.99. The number of aliphatic hydroxyl groups excluding tert-OH is 7. The van der Waals surface area contributed by atoms with E-state index in [0.717, 1.165) is 0 Å². The van der Waals surface area contributed by atoms with Crippen LogP contribution in [0.1, 0.15) is 12.8 Å². The van der Waals surface area contributed by atoms with Crippen LogP contribution in [0.5, 0.6) is 0 Å². The highest BCUT2D eigenvalue weighted by molar-refractivity contribution is 5.48. The average Bonchev–Trinajstić information content (AvgIpc) is 2.70. The molecule has 0 unspecified atom stereocenters. The first-order chi connectivity index (χ1) is 13.3. The van der Waals surface area contributed by atoms with E-state index >= 15 is 0 Å². The fourth-order valence-corrected chi connectivity index (χ4v) is 3.06. The number of hydrogen-bond acceptors (Lipinski definition) is 12. The topological polar surface area (TPSA) is 196 Å². The quantitative estimate of drug-likeness (QED) is 0.142. The molecule has 12 nitrogen and oxygen atoms in total. The highest BCUT2D eigenvalue weighted by Crippen LogP contribution is 2.29. The molecule has 164 valence electrons. The summed E-state index contributed by atoms with van der Waals surface area (Å²) in [6.45, 7) is -1.24. The Bertz CT molecular complexity index is 475. The van der Waals surface area contributed by atoms with E-state index in [9.17, 15) is 40.5 Å². The van der Waals surface area contributed by atoms with Crippen molar-refractivity contribution in [2.45, 2.75) is 74.3 Å². The van der Waals surface area contributed by atoms with Crippen molar-refractivity contribution in [3.63, 3.8) is 0 Å². The summed E-state index contributed by atoms with van der Waals surface area (Å²) >= 11 is 0. The van der Waals surface area contributed by atoms with Gasteiger partial charge in [0, 0.05) is 6.42 Å². The maximum Gasteiger partial charge on any atom is 0.187 e. The molecule has 0 radical (unpaired) electrons. The predicted octanol–water partition coefficient (Wildman–Crippen LogP) is -4.39. The maximum atomic E-state index is 10.4. The Hall–Kier alpha value is -0.770. The zero-order chi connectivity index (χ0) is 20.8. The van der Waals surface area contributed by atoms with Crippen LogP contribution < -0.4 is 0 Å². The van der Waals surface area contributed by atoms with Crippen LogP contribution in [0, 0.1) is 0 Å². The van der Waals surface area contributed by atoms with Crippen molar-refractivity contribution in [1.29, 1.82) is 0 Å². The predicted molar refractivity (Wildman–Crippen MR) is 87.7 cm³/mol. The van der Waals surface area contributed by atoms with E-state index in [2.05, 4.69) is 0 Å². The molecule has 0 bridgehead atoms. The van der Waals surface area contributed by atoms with Gasteiger partial charge in [-0.25, -0.2) is 0 Å². The van der Waals surface area contributed by atoms with Crippen LogP contribution >= 0.6 is 0 Å². The van der Waals surface area contributed by atoms with Gasteiger partial charge in [0.15, 0.2) is 12.6 Å². The SMILES string of the molecule is O=CCCCO[C@@H]1O[C@H](CO)[C@H](O[C@H]2O[C@H](CO)[C@H](O)[C@H](O)[C@H]2O)[C@H](O)[C@H]1O. The number of aliphatic hydroxyl groups is 7. The lowest BCUT2D eigenvalue weighted by Gasteiger charge is -2.45. The van der Waals surface area contributed by atoms with E-state index in [-0.39, 0.29) is 13.0 Å². The lowest BCUT2D eigenvalue weighted by Crippen LogP contribution is -2.64. The van der Waals surface area contributed by atoms with Gasteiger partial charge in [-0.3, -0.25) is 0 Å². The van der Waals surface area contributed by atoms with Crippen molar-refractivity contribution in [2.24, 2.45) is 0 Å². The van der Waals surface area contributed by atoms with Gasteiger partial charge in [0.25, 0.3) is 0 Å². The van der Waals surface area contributed by atoms with Crippen molar-refractivity contribution in [1.82, 2.24) is 0 Å². The lowest BCUT2D eigenvalue weighted by atomic mass is 9.97. The van der Waals surface area contributed by atoms with Gasteiger partial charge >= 0.3 is 0 Å². The molecule has 2 saturated heterocycles. The molecule has 0 amide bonds. The molecule has 0 aliphatic carbocycles. The summed E-state index contributed by atoms with van der Waals surface area (Å²) < 4.78 is 21.3. The molecule has 2 aliphatic rings. The van der Waals surface area contributed by atoms with Gasteiger partial charge in [-0.2, -0.15) is 0 Å². The van der Waals surface area contributed by atoms with E-state index in [0.29, 0.717) is 12.7 Å². The van der Waals surface area contributed by atoms with Crippen molar-refractivity contribution in [3.8, 4) is 0 Å². The number of aldehydes is 1. The highest BCUT2D eigenvalue weighted by Gasteiger charge is 2.50. The maximum absolute atomic E-state index is 10.4. The first-order valence-electron chi connectivity index (χ1n) is 8.99. The zero-order valence-corrected chi connectivity index (χ0v) is 15.1. The summed E-state index contributed by atoms with van der Waals surface area (Å²) in [6, 6.07) is 0. The molecular weight excluding hydrogens is 384 g/mol. The summed E-state index contributed by atoms with van der Waals surface area (Å²) in [5.41, 5.74) is 0. The monoisotopic (exact) mass is 412 g/mol. The number of carbonyl (C=O) groups is 1. The second-order valence-corrected chi connectivity index (χ2v) is 6.68. The number of rotatable bonds is 9. The van der Waals surface area contributed by atoms with Gasteiger partial charge in [0.2, 0.25) is 0 Å². The van der Waals surface area contributed by atoms with Crippen LogP contribution in [0.15, 0.2) is 0 Å². The van der Waals surface area contributed by atoms with E-state index in [4.69, 9.17) is 18.9 Å². The summed E-state index contributed by atoms with van der Waals surface area (Å²) in [5.74, 6) is 0. The number of carbonyl (C=O) groups excluding carboxylic acids is 1. The average molecular weight is 412 g/mol. The fourth-order valence-electron chi connectivity index (χ4n) is 3.06. The molecule has 0 aromatic rings. The van der Waals surface area contributed by atoms with Crippen LogP contribution in [-0.2, 0) is 23.7 Å². The van der Waals surface area contributed by atoms with Gasteiger partial charge in [0.1, 0.15) is 55.1 Å². The minimum atomic E-state index is -1.72. The molecule has 0 aromatic carbocycles. The Kier molecular flexibility index (Phi) is 9.11. The third kappa shape index (κ3) is 5.23. The van der Waals surface area contributed by atoms with Crippen molar-refractivity contribution in [2.75, 3.05) is 19.8 Å². The Labute approximate surface area is 160 Å². The number of hydrogen-bond donors (Lipinski definition) is 7. The molecule has 10 atom stereocenters. The van der Waals surface area contributed by atoms with Gasteiger partial charge in [-0.15, -0.1) is 0 Å². The molecule has 2 fully saturated rings. The molecule has 0 saturated carbocycles. The van der Waals surface area contributed by atoms with Gasteiger partial charge in [0.05, 0.1) is 19.8 Å². The summed E-state index contributed by atoms with van der Waals surface area (Å²) in [6.07, 6.45) is -13.5. The van der Waals surface area contributed by atoms with Crippen LogP contribution in [0.3, 0.4) is 0 Å². The van der Waals surface area contributed by atoms with Crippen LogP contribution in [0.4, 0.5) is 0 Å². The van der Waals surface area contributed by atoms with Crippen LogP contribution in [-0.4, -0.2) is 123 Å². The van der Waals surface area contributed by atoms with E-state index < -0.39 is 74.6 Å². The molecule has 12 heteroatoms. The molecule has 0 spiro atoms. The summed E-state index contributed by atoms with van der Waals surface area (Å²) in [5, 5.41) is 69.0. The Balaban J connectivity index is 2.03. The van der Waals surface area contributed by atoms with Gasteiger partial charge < -0.3 is 59.5 Å². The van der Waals surface area contributed by atoms with Crippen molar-refractivity contribution < 1.29 is 59.5 Å². The zero-order valence-electron chi connectivity index (χ0n) is 15.1. The van der Waals surface area contributed by atoms with E-state index in [1.165, 1.54) is 0 Å². The van der Waals surface area contributed by atoms with Gasteiger partial charge in [-0.05, 0) is 6.42 Å². The molecule has 0 aromatic heterocycles. The third-order valence-corrected chi connectivity index (χ3v) is 4.71. The Morgan fingerprint density at radius 3 is 2.00 bits per heavy atom. The molecule has 2 heterocycles. The fraction of sp³-hybridized carbons (Fsp3) is 0.938. The molecule has 2 aliphatic heterocycles. The lowest BCUT2D eigenvalue weighted by molar-refractivity contribution is -0.359. The largest absolute Gasteiger partial charge is 0.394 e. The minimum Gasteiger partial charge on any atom is -0.394 e. The normalized spacial score (nSPS) is 44.4. The first kappa shape index (κ1) is 23.5. The number of ether oxygens (including phenoxy) is 4. The van der Waals surface area contributed by atoms with E-state index in [1.807, 2.05) is 0 Å². The smallest absolute Gasteiger partial charge is 0.187 e. The summed E-state index contributed by atoms with van der Waals surface area (Å²) in [4.78, 5) is 10.3. The van der Waals surface area contributed by atoms with Crippen LogP contribution in [0.2, 0.25) is 0 Å². The molecule has 28 heavy (non-hydrogen) atoms. The van der Waals surface area contributed by atoms with E-state index in [1.54, 1.807) is 0 Å². The molecule has 7 N–H and O–H groups in total. The molecule has 2 rings (SSSR count). The third-order valence-electron chi connectivity index (χ3n) is 4.71. The van der Waals surface area contributed by atoms with Crippen LogP contribution in [0.25, 0.3) is 0 Å². The standard InChI is InChI=1S/C16H28O12/c17-3-1-2-4-25-15-13(24)11(22)14(8(6-19)27-15)28-16-12(23)10(21)9(20)7(5-18)26-16/h3,7-16,18-24H,1-2,4-6H2/t7-,8-,9+,10+,11-,12-,13-,14+,15-,16-/m1/s1. The van der Waals surface area contributed by atoms with Gasteiger partial charge in [-0.1, -0.05) is 0 Å². The Morgan fingerprint density at radius 1 is 0.786 bits per heavy atom. The minimum absolute atomic E-state index is 0.0730. The number of unbranched alkanes of at least 4 members (excludes halogenated alkanes) is 1. The second-order valence-electron chi connectivity index (χ2n) is 6.68. The van der Waals surface area contributed by atoms with Crippen molar-refractivity contribution >= 4 is 6.29 Å². The second kappa shape index (κ2) is 10.8.